The van der Waals surface area contributed by atoms with E-state index in [2.05, 4.69) is 0 Å². The lowest BCUT2D eigenvalue weighted by Gasteiger charge is -1.95. The molecule has 0 saturated carbocycles. The van der Waals surface area contributed by atoms with E-state index in [0.717, 1.165) is 16.9 Å². The number of hydrogen-bond donors (Lipinski definition) is 0. The second kappa shape index (κ2) is 2.23. The van der Waals surface area contributed by atoms with E-state index in [0.29, 0.717) is 5.39 Å². The van der Waals surface area contributed by atoms with Gasteiger partial charge in [-0.25, -0.2) is 0 Å². The van der Waals surface area contributed by atoms with Crippen LogP contribution in [0.25, 0.3) is 10.8 Å². The summed E-state index contributed by atoms with van der Waals surface area (Å²) in [4.78, 5) is 10.3. The third kappa shape index (κ3) is 0.821. The number of non-ortho nitro benzene ring substituents is 1. The first kappa shape index (κ1) is 7.32. The lowest BCUT2D eigenvalue weighted by molar-refractivity contribution is -0.383. The van der Waals surface area contributed by atoms with Gasteiger partial charge in [0, 0.05) is 11.5 Å². The second-order valence-electron chi connectivity index (χ2n) is 3.12. The molecule has 0 N–H and O–H groups in total. The third-order valence-corrected chi connectivity index (χ3v) is 2.32. The summed E-state index contributed by atoms with van der Waals surface area (Å²) in [5.74, 6) is 1.59. The van der Waals surface area contributed by atoms with Gasteiger partial charge >= 0.3 is 0 Å². The predicted octanol–water partition coefficient (Wildman–Crippen LogP) is 2.85. The van der Waals surface area contributed by atoms with Crippen molar-refractivity contribution in [2.45, 2.75) is 0 Å². The zero-order chi connectivity index (χ0) is 9.71. The number of benzene rings is 2. The number of rotatable bonds is 1. The van der Waals surface area contributed by atoms with E-state index in [4.69, 9.17) is 4.74 Å². The molecular formula is C10H5NO3. The van der Waals surface area contributed by atoms with Crippen LogP contribution in [-0.2, 0) is 0 Å². The summed E-state index contributed by atoms with van der Waals surface area (Å²) in [5, 5.41) is 12.2. The Morgan fingerprint density at radius 2 is 2.00 bits per heavy atom. The van der Waals surface area contributed by atoms with E-state index in [1.54, 1.807) is 18.2 Å². The zero-order valence-electron chi connectivity index (χ0n) is 7.06. The maximum absolute atomic E-state index is 10.7. The Hall–Kier alpha value is -2.10. The first-order chi connectivity index (χ1) is 6.77. The minimum absolute atomic E-state index is 0.126. The van der Waals surface area contributed by atoms with Crippen LogP contribution in [0.15, 0.2) is 30.3 Å². The topological polar surface area (TPSA) is 55.7 Å². The molecule has 4 heteroatoms. The zero-order valence-corrected chi connectivity index (χ0v) is 7.06. The Bertz CT molecular complexity index is 563. The van der Waals surface area contributed by atoms with Gasteiger partial charge in [-0.05, 0) is 18.2 Å². The Kier molecular flexibility index (Phi) is 1.16. The van der Waals surface area contributed by atoms with Gasteiger partial charge < -0.3 is 4.74 Å². The lowest BCUT2D eigenvalue weighted by Crippen LogP contribution is -1.87. The molecule has 0 atom stereocenters. The summed E-state index contributed by atoms with van der Waals surface area (Å²) < 4.78 is 5.16. The Labute approximate surface area is 78.9 Å². The SMILES string of the molecule is O=[N+]([O-])c1cccc2c3c(ccc12)O3. The highest BCUT2D eigenvalue weighted by Crippen LogP contribution is 2.51. The van der Waals surface area contributed by atoms with E-state index < -0.39 is 0 Å². The van der Waals surface area contributed by atoms with Gasteiger partial charge in [-0.3, -0.25) is 10.1 Å². The monoisotopic (exact) mass is 187 g/mol. The molecular weight excluding hydrogens is 182 g/mol. The summed E-state index contributed by atoms with van der Waals surface area (Å²) >= 11 is 0. The Morgan fingerprint density at radius 1 is 1.14 bits per heavy atom. The number of ether oxygens (including phenoxy) is 1. The lowest BCUT2D eigenvalue weighted by atomic mass is 10.1. The molecule has 0 unspecified atom stereocenters. The molecule has 0 radical (unpaired) electrons. The molecule has 1 aliphatic heterocycles. The molecule has 1 heterocycles. The van der Waals surface area contributed by atoms with Crippen LogP contribution >= 0.6 is 0 Å². The molecule has 0 saturated heterocycles. The smallest absolute Gasteiger partial charge is 0.277 e. The van der Waals surface area contributed by atoms with Crippen LogP contribution in [0, 0.1) is 10.1 Å². The van der Waals surface area contributed by atoms with Gasteiger partial charge in [0.2, 0.25) is 0 Å². The highest BCUT2D eigenvalue weighted by Gasteiger charge is 2.25. The quantitative estimate of drug-likeness (QED) is 0.334. The molecule has 14 heavy (non-hydrogen) atoms. The van der Waals surface area contributed by atoms with E-state index in [9.17, 15) is 10.1 Å². The largest absolute Gasteiger partial charge is 0.449 e. The average molecular weight is 187 g/mol. The van der Waals surface area contributed by atoms with Crippen LogP contribution in [0.1, 0.15) is 0 Å². The standard InChI is InChI=1S/C10H5NO3/c12-11(13)8-3-1-2-7-6(8)4-5-9-10(7)14-9/h1-5H. The number of nitro groups is 1. The van der Waals surface area contributed by atoms with Gasteiger partial charge in [0.25, 0.3) is 5.69 Å². The van der Waals surface area contributed by atoms with Gasteiger partial charge in [-0.15, -0.1) is 0 Å². The molecule has 0 bridgehead atoms. The van der Waals surface area contributed by atoms with Gasteiger partial charge in [0.15, 0.2) is 11.5 Å². The van der Waals surface area contributed by atoms with Crippen LogP contribution in [0.2, 0.25) is 0 Å². The fourth-order valence-electron chi connectivity index (χ4n) is 1.63. The van der Waals surface area contributed by atoms with Gasteiger partial charge in [0.05, 0.1) is 10.3 Å². The average Bonchev–Trinajstić information content (AvgIpc) is 2.95. The van der Waals surface area contributed by atoms with Gasteiger partial charge in [0.1, 0.15) is 0 Å². The molecule has 0 spiro atoms. The van der Waals surface area contributed by atoms with Crippen molar-refractivity contribution in [3.63, 3.8) is 0 Å². The second-order valence-corrected chi connectivity index (χ2v) is 3.12. The minimum atomic E-state index is -0.378. The van der Waals surface area contributed by atoms with Crippen LogP contribution in [-0.4, -0.2) is 4.92 Å². The van der Waals surface area contributed by atoms with Crippen molar-refractivity contribution >= 4 is 16.5 Å². The van der Waals surface area contributed by atoms with Crippen molar-refractivity contribution in [3.05, 3.63) is 40.4 Å². The Morgan fingerprint density at radius 3 is 2.79 bits per heavy atom. The molecule has 0 amide bonds. The van der Waals surface area contributed by atoms with Crippen molar-refractivity contribution in [2.24, 2.45) is 0 Å². The number of nitro benzene ring substituents is 1. The first-order valence-electron chi connectivity index (χ1n) is 4.15. The summed E-state index contributed by atoms with van der Waals surface area (Å²) in [6.07, 6.45) is 0. The van der Waals surface area contributed by atoms with E-state index in [-0.39, 0.29) is 10.6 Å². The van der Waals surface area contributed by atoms with Crippen molar-refractivity contribution < 1.29 is 9.66 Å². The third-order valence-electron chi connectivity index (χ3n) is 2.32. The number of fused-ring (bicyclic) bond motifs is 3. The molecule has 2 aromatic rings. The van der Waals surface area contributed by atoms with Crippen molar-refractivity contribution in [1.29, 1.82) is 0 Å². The van der Waals surface area contributed by atoms with Crippen LogP contribution < -0.4 is 4.74 Å². The molecule has 0 fully saturated rings. The number of hydrogen-bond acceptors (Lipinski definition) is 3. The number of nitrogens with zero attached hydrogens (tertiary/aromatic N) is 1. The minimum Gasteiger partial charge on any atom is -0.449 e. The van der Waals surface area contributed by atoms with Gasteiger partial charge in [-0.1, -0.05) is 6.07 Å². The molecule has 0 aromatic heterocycles. The molecule has 2 aromatic carbocycles. The van der Waals surface area contributed by atoms with Crippen molar-refractivity contribution in [2.75, 3.05) is 0 Å². The normalized spacial score (nSPS) is 12.0. The highest BCUT2D eigenvalue weighted by molar-refractivity contribution is 5.99. The van der Waals surface area contributed by atoms with Gasteiger partial charge in [-0.2, -0.15) is 0 Å². The van der Waals surface area contributed by atoms with E-state index >= 15 is 0 Å². The predicted molar refractivity (Wildman–Crippen MR) is 50.7 cm³/mol. The fourth-order valence-corrected chi connectivity index (χ4v) is 1.63. The summed E-state index contributed by atoms with van der Waals surface area (Å²) in [5.41, 5.74) is 0.126. The first-order valence-corrected chi connectivity index (χ1v) is 4.15. The van der Waals surface area contributed by atoms with Crippen molar-refractivity contribution in [1.82, 2.24) is 0 Å². The summed E-state index contributed by atoms with van der Waals surface area (Å²) in [6.45, 7) is 0. The Balaban J connectivity index is 2.44. The highest BCUT2D eigenvalue weighted by atomic mass is 16.6. The van der Waals surface area contributed by atoms with Crippen molar-refractivity contribution in [3.8, 4) is 11.5 Å². The molecule has 0 aliphatic carbocycles. The maximum atomic E-state index is 10.7. The van der Waals surface area contributed by atoms with Crippen LogP contribution in [0.4, 0.5) is 5.69 Å². The fraction of sp³-hybridized carbons (Fsp3) is 0. The molecule has 4 nitrogen and oxygen atoms in total. The summed E-state index contributed by atoms with van der Waals surface area (Å²) in [7, 11) is 0. The van der Waals surface area contributed by atoms with E-state index in [1.807, 2.05) is 6.07 Å². The molecule has 3 rings (SSSR count). The van der Waals surface area contributed by atoms with E-state index in [1.165, 1.54) is 6.07 Å². The van der Waals surface area contributed by atoms with Crippen LogP contribution in [0.5, 0.6) is 11.5 Å². The van der Waals surface area contributed by atoms with Crippen LogP contribution in [0.3, 0.4) is 0 Å². The molecule has 68 valence electrons. The molecule has 1 aliphatic rings. The maximum Gasteiger partial charge on any atom is 0.277 e. The summed E-state index contributed by atoms with van der Waals surface area (Å²) in [6, 6.07) is 8.47.